The monoisotopic (exact) mass is 767 g/mol. The summed E-state index contributed by atoms with van der Waals surface area (Å²) in [6.07, 6.45) is 10.1. The summed E-state index contributed by atoms with van der Waals surface area (Å²) in [5.41, 5.74) is 9.19. The van der Waals surface area contributed by atoms with E-state index in [0.29, 0.717) is 23.4 Å². The normalized spacial score (nSPS) is 12.9. The lowest BCUT2D eigenvalue weighted by Gasteiger charge is -2.10. The fourth-order valence-corrected chi connectivity index (χ4v) is 7.94. The number of oxazole rings is 1. The zero-order valence-electron chi connectivity index (χ0n) is 32.0. The summed E-state index contributed by atoms with van der Waals surface area (Å²) in [6.45, 7) is 12.6. The van der Waals surface area contributed by atoms with Gasteiger partial charge in [-0.2, -0.15) is 0 Å². The first kappa shape index (κ1) is 36.4. The Labute approximate surface area is 340 Å². The number of para-hydroxylation sites is 3. The van der Waals surface area contributed by atoms with Gasteiger partial charge in [-0.05, 0) is 67.0 Å². The van der Waals surface area contributed by atoms with Crippen molar-refractivity contribution in [2.75, 3.05) is 0 Å². The maximum absolute atomic E-state index is 6.14. The van der Waals surface area contributed by atoms with E-state index < -0.39 is 0 Å². The molecular formula is C49H36BN6OS. The van der Waals surface area contributed by atoms with Crippen LogP contribution >= 0.6 is 11.3 Å². The second-order valence-electron chi connectivity index (χ2n) is 13.5. The molecule has 0 fully saturated rings. The minimum Gasteiger partial charge on any atom is -0.436 e. The number of benzene rings is 5. The van der Waals surface area contributed by atoms with Crippen molar-refractivity contribution in [2.45, 2.75) is 13.7 Å². The third-order valence-electron chi connectivity index (χ3n) is 9.96. The number of hydrogen-bond donors (Lipinski definition) is 0. The van der Waals surface area contributed by atoms with Crippen LogP contribution in [0.1, 0.15) is 17.8 Å². The Hall–Kier alpha value is -7.23. The van der Waals surface area contributed by atoms with Crippen molar-refractivity contribution in [1.82, 2.24) is 29.5 Å². The molecule has 0 spiro atoms. The number of hydrogen-bond acceptors (Lipinski definition) is 7. The van der Waals surface area contributed by atoms with Gasteiger partial charge in [-0.25, -0.2) is 24.9 Å². The predicted octanol–water partition coefficient (Wildman–Crippen LogP) is 10.7. The molecule has 1 radical (unpaired) electrons. The molecule has 277 valence electrons. The molecule has 4 aromatic heterocycles. The molecule has 7 nitrogen and oxygen atoms in total. The smallest absolute Gasteiger partial charge is 0.227 e. The van der Waals surface area contributed by atoms with E-state index in [9.17, 15) is 0 Å². The van der Waals surface area contributed by atoms with Crippen LogP contribution in [-0.2, 0) is 0 Å². The number of aromatic nitrogens is 6. The van der Waals surface area contributed by atoms with Crippen LogP contribution in [-0.4, -0.2) is 36.8 Å². The van der Waals surface area contributed by atoms with Crippen molar-refractivity contribution in [3.8, 4) is 34.2 Å². The molecule has 0 unspecified atom stereocenters. The maximum Gasteiger partial charge on any atom is 0.227 e. The van der Waals surface area contributed by atoms with Crippen molar-refractivity contribution in [2.24, 2.45) is 0 Å². The van der Waals surface area contributed by atoms with Gasteiger partial charge in [-0.15, -0.1) is 11.3 Å². The van der Waals surface area contributed by atoms with Gasteiger partial charge in [-0.3, -0.25) is 0 Å². The minimum absolute atomic E-state index is 0.576. The Morgan fingerprint density at radius 2 is 1.40 bits per heavy atom. The van der Waals surface area contributed by atoms with E-state index >= 15 is 0 Å². The summed E-state index contributed by atoms with van der Waals surface area (Å²) in [6, 6.07) is 42.5. The van der Waals surface area contributed by atoms with E-state index in [1.807, 2.05) is 124 Å². The highest BCUT2D eigenvalue weighted by atomic mass is 32.1. The topological polar surface area (TPSA) is 82.5 Å². The molecule has 0 saturated carbocycles. The van der Waals surface area contributed by atoms with Crippen LogP contribution in [0.2, 0.25) is 6.82 Å². The lowest BCUT2D eigenvalue weighted by molar-refractivity contribution is 0.620. The van der Waals surface area contributed by atoms with Crippen LogP contribution in [0.3, 0.4) is 0 Å². The molecule has 0 amide bonds. The molecule has 0 N–H and O–H groups in total. The highest BCUT2D eigenvalue weighted by molar-refractivity contribution is 7.10. The minimum atomic E-state index is 0.576. The zero-order valence-corrected chi connectivity index (χ0v) is 32.8. The standard InChI is InChI=1S/C49H36BN6OS/c1-5-32(29-36(6-2)56-42-23-15-13-21-37(42)38-30-35(25-28-43(38)56)48-51-41-22-14-16-24-44(41)57-48)49-52-40(31(3)58-49)27-26-39(50-4)47-54-45(33-17-9-7-10-18-33)53-46(55-47)34-19-11-8-12-20-34/h5-30H,2-3H2,1,4H3/b32-5+,36-29+,39-26-,40-27+. The first-order valence-electron chi connectivity index (χ1n) is 19.0. The molecule has 0 bridgehead atoms. The number of nitrogens with zero attached hydrogens (tertiary/aromatic N) is 6. The molecule has 4 heterocycles. The first-order chi connectivity index (χ1) is 28.5. The van der Waals surface area contributed by atoms with Gasteiger partial charge in [-0.1, -0.05) is 123 Å². The van der Waals surface area contributed by atoms with Gasteiger partial charge in [0, 0.05) is 43.3 Å². The Balaban J connectivity index is 1.08. The van der Waals surface area contributed by atoms with Crippen molar-refractivity contribution >= 4 is 80.9 Å². The molecule has 9 heteroatoms. The van der Waals surface area contributed by atoms with Crippen LogP contribution in [0, 0.1) is 0 Å². The third kappa shape index (κ3) is 6.93. The van der Waals surface area contributed by atoms with Crippen molar-refractivity contribution in [1.29, 1.82) is 0 Å². The lowest BCUT2D eigenvalue weighted by atomic mass is 9.71. The van der Waals surface area contributed by atoms with Gasteiger partial charge in [0.05, 0.1) is 16.4 Å². The SMILES string of the molecule is C=C/C(=C\C(=C/C)c1n/c(=C/C=C(\[B]C)c2nc(-c3ccccc3)nc(-c3ccccc3)n2)c(=C)s1)n1c2ccccc2c2cc(-c3nc4ccccc4o3)ccc21. The fourth-order valence-electron chi connectivity index (χ4n) is 7.05. The molecule has 5 aromatic carbocycles. The summed E-state index contributed by atoms with van der Waals surface area (Å²) in [7, 11) is 2.00. The Kier molecular flexibility index (Phi) is 9.87. The summed E-state index contributed by atoms with van der Waals surface area (Å²) < 4.78 is 9.24. The highest BCUT2D eigenvalue weighted by Crippen LogP contribution is 2.36. The fraction of sp³-hybridized carbons (Fsp3) is 0.0408. The zero-order chi connectivity index (χ0) is 39.6. The first-order valence-corrected chi connectivity index (χ1v) is 19.8. The number of thiazole rings is 1. The molecule has 58 heavy (non-hydrogen) atoms. The van der Waals surface area contributed by atoms with Gasteiger partial charge in [0.25, 0.3) is 0 Å². The highest BCUT2D eigenvalue weighted by Gasteiger charge is 2.17. The van der Waals surface area contributed by atoms with Crippen molar-refractivity contribution in [3.05, 3.63) is 179 Å². The Morgan fingerprint density at radius 1 is 0.724 bits per heavy atom. The van der Waals surface area contributed by atoms with Crippen LogP contribution in [0.15, 0.2) is 163 Å². The summed E-state index contributed by atoms with van der Waals surface area (Å²) >= 11 is 1.55. The van der Waals surface area contributed by atoms with E-state index in [-0.39, 0.29) is 0 Å². The van der Waals surface area contributed by atoms with Crippen LogP contribution in [0.4, 0.5) is 0 Å². The van der Waals surface area contributed by atoms with Gasteiger partial charge in [0.15, 0.2) is 30.3 Å². The Bertz CT molecular complexity index is 3120. The second kappa shape index (κ2) is 15.7. The average molecular weight is 768 g/mol. The van der Waals surface area contributed by atoms with Gasteiger partial charge in [0.1, 0.15) is 10.5 Å². The number of rotatable bonds is 10. The van der Waals surface area contributed by atoms with Crippen LogP contribution < -0.4 is 9.88 Å². The van der Waals surface area contributed by atoms with E-state index in [0.717, 1.165) is 81.2 Å². The quantitative estimate of drug-likeness (QED) is 0.102. The molecular weight excluding hydrogens is 731 g/mol. The Morgan fingerprint density at radius 3 is 2.09 bits per heavy atom. The molecule has 0 aliphatic rings. The largest absolute Gasteiger partial charge is 0.436 e. The summed E-state index contributed by atoms with van der Waals surface area (Å²) in [4.78, 5) is 24.5. The van der Waals surface area contributed by atoms with Crippen LogP contribution in [0.25, 0.3) is 96.5 Å². The maximum atomic E-state index is 6.14. The van der Waals surface area contributed by atoms with E-state index in [4.69, 9.17) is 29.3 Å². The molecule has 0 aliphatic heterocycles. The van der Waals surface area contributed by atoms with Gasteiger partial charge < -0.3 is 8.98 Å². The summed E-state index contributed by atoms with van der Waals surface area (Å²) in [5, 5.41) is 3.84. The van der Waals surface area contributed by atoms with E-state index in [2.05, 4.69) is 72.3 Å². The molecule has 9 rings (SSSR count). The number of allylic oxidation sites excluding steroid dienone is 6. The molecule has 9 aromatic rings. The number of fused-ring (bicyclic) bond motifs is 4. The second-order valence-corrected chi connectivity index (χ2v) is 14.6. The van der Waals surface area contributed by atoms with Crippen molar-refractivity contribution in [3.63, 3.8) is 0 Å². The lowest BCUT2D eigenvalue weighted by Crippen LogP contribution is -2.18. The average Bonchev–Trinajstić information content (AvgIpc) is 3.98. The van der Waals surface area contributed by atoms with E-state index in [1.54, 1.807) is 11.3 Å². The predicted molar refractivity (Wildman–Crippen MR) is 242 cm³/mol. The molecule has 0 saturated heterocycles. The van der Waals surface area contributed by atoms with E-state index in [1.165, 1.54) is 0 Å². The van der Waals surface area contributed by atoms with Gasteiger partial charge >= 0.3 is 0 Å². The molecule has 0 aliphatic carbocycles. The summed E-state index contributed by atoms with van der Waals surface area (Å²) in [5.74, 6) is 2.39. The third-order valence-corrected chi connectivity index (χ3v) is 10.9. The van der Waals surface area contributed by atoms with Crippen molar-refractivity contribution < 1.29 is 4.42 Å². The van der Waals surface area contributed by atoms with Gasteiger partial charge in [0.2, 0.25) is 5.89 Å². The van der Waals surface area contributed by atoms with Crippen LogP contribution in [0.5, 0.6) is 0 Å². The molecule has 0 atom stereocenters.